The van der Waals surface area contributed by atoms with Gasteiger partial charge in [-0.15, -0.1) is 0 Å². The number of carbonyl (C=O) groups is 1. The molecular weight excluding hydrogens is 531 g/mol. The van der Waals surface area contributed by atoms with Gasteiger partial charge in [-0.2, -0.15) is 13.2 Å². The zero-order valence-corrected chi connectivity index (χ0v) is 24.9. The zero-order valence-electron chi connectivity index (χ0n) is 24.9. The maximum absolute atomic E-state index is 14.6. The van der Waals surface area contributed by atoms with E-state index in [0.717, 1.165) is 65.1 Å². The minimum Gasteiger partial charge on any atom is -0.380 e. The Hall–Kier alpha value is -0.940. The van der Waals surface area contributed by atoms with Crippen LogP contribution < -0.4 is 10.9 Å². The van der Waals surface area contributed by atoms with E-state index in [1.165, 1.54) is 25.7 Å². The number of hydrogen-bond donors (Lipinski definition) is 2. The molecule has 3 aliphatic carbocycles. The Labute approximate surface area is 243 Å². The van der Waals surface area contributed by atoms with Crippen LogP contribution in [0, 0.1) is 40.4 Å². The molecule has 0 aromatic rings. The second kappa shape index (κ2) is 10.6. The first-order valence-corrected chi connectivity index (χ1v) is 16.5. The van der Waals surface area contributed by atoms with Crippen LogP contribution >= 0.6 is 0 Å². The number of amides is 1. The van der Waals surface area contributed by atoms with Gasteiger partial charge in [-0.05, 0) is 114 Å². The van der Waals surface area contributed by atoms with Crippen LogP contribution in [0.5, 0.6) is 0 Å². The van der Waals surface area contributed by atoms with Crippen molar-refractivity contribution in [1.82, 2.24) is 25.6 Å². The summed E-state index contributed by atoms with van der Waals surface area (Å²) < 4.78 is 49.5. The molecule has 7 aliphatic rings. The summed E-state index contributed by atoms with van der Waals surface area (Å²) in [4.78, 5) is 20.7. The molecule has 41 heavy (non-hydrogen) atoms. The van der Waals surface area contributed by atoms with E-state index >= 15 is 0 Å². The number of rotatable bonds is 6. The molecule has 7 nitrogen and oxygen atoms in total. The van der Waals surface area contributed by atoms with Crippen LogP contribution in [0.2, 0.25) is 0 Å². The van der Waals surface area contributed by atoms with Crippen molar-refractivity contribution in [3.63, 3.8) is 0 Å². The lowest BCUT2D eigenvalue weighted by Gasteiger charge is -2.52. The van der Waals surface area contributed by atoms with Gasteiger partial charge in [-0.3, -0.25) is 9.69 Å². The number of ether oxygens (including phenoxy) is 1. The molecule has 4 aliphatic heterocycles. The van der Waals surface area contributed by atoms with Crippen LogP contribution in [0.3, 0.4) is 0 Å². The predicted octanol–water partition coefficient (Wildman–Crippen LogP) is 4.20. The number of hydrogen-bond acceptors (Lipinski definition) is 6. The van der Waals surface area contributed by atoms with Crippen LogP contribution in [-0.2, 0) is 9.53 Å². The lowest BCUT2D eigenvalue weighted by molar-refractivity contribution is -0.206. The number of nitrogens with zero attached hydrogens (tertiary/aromatic N) is 3. The molecule has 0 aromatic heterocycles. The molecule has 8 atom stereocenters. The number of fused-ring (bicyclic) bond motifs is 1. The van der Waals surface area contributed by atoms with Crippen molar-refractivity contribution in [2.45, 2.75) is 102 Å². The van der Waals surface area contributed by atoms with Gasteiger partial charge in [0.15, 0.2) is 0 Å². The highest BCUT2D eigenvalue weighted by Crippen LogP contribution is 2.56. The van der Waals surface area contributed by atoms with E-state index < -0.39 is 23.9 Å². The number of carbonyl (C=O) groups excluding carboxylic acids is 1. The summed E-state index contributed by atoms with van der Waals surface area (Å²) in [5.74, 6) is -2.07. The topological polar surface area (TPSA) is 60.1 Å². The van der Waals surface area contributed by atoms with E-state index in [-0.39, 0.29) is 41.9 Å². The number of nitrogens with one attached hydrogen (secondary N) is 2. The highest BCUT2D eigenvalue weighted by Gasteiger charge is 2.59. The second-order valence-corrected chi connectivity index (χ2v) is 15.2. The van der Waals surface area contributed by atoms with E-state index in [0.29, 0.717) is 24.3 Å². The molecule has 7 fully saturated rings. The Morgan fingerprint density at radius 1 is 1.07 bits per heavy atom. The third-order valence-electron chi connectivity index (χ3n) is 13.1. The fraction of sp³-hybridized carbons (Fsp3) is 0.968. The van der Waals surface area contributed by atoms with Gasteiger partial charge in [-0.1, -0.05) is 6.42 Å². The summed E-state index contributed by atoms with van der Waals surface area (Å²) in [6.07, 6.45) is 6.74. The average molecular weight is 582 g/mol. The van der Waals surface area contributed by atoms with E-state index in [9.17, 15) is 18.0 Å². The zero-order chi connectivity index (χ0) is 28.6. The van der Waals surface area contributed by atoms with E-state index in [4.69, 9.17) is 4.74 Å². The molecule has 1 amide bonds. The van der Waals surface area contributed by atoms with Gasteiger partial charge >= 0.3 is 6.18 Å². The quantitative estimate of drug-likeness (QED) is 0.491. The molecular formula is C31H50F3N5O2. The number of halogens is 3. The lowest BCUT2D eigenvalue weighted by atomic mass is 9.64. The highest BCUT2D eigenvalue weighted by molar-refractivity contribution is 5.82. The largest absolute Gasteiger partial charge is 0.392 e. The molecule has 0 bridgehead atoms. The van der Waals surface area contributed by atoms with Crippen LogP contribution in [0.15, 0.2) is 0 Å². The van der Waals surface area contributed by atoms with Gasteiger partial charge in [0.25, 0.3) is 0 Å². The maximum atomic E-state index is 14.6. The third-order valence-corrected chi connectivity index (χ3v) is 13.1. The van der Waals surface area contributed by atoms with Crippen molar-refractivity contribution in [1.29, 1.82) is 0 Å². The van der Waals surface area contributed by atoms with Crippen LogP contribution in [0.4, 0.5) is 13.2 Å². The molecule has 232 valence electrons. The second-order valence-electron chi connectivity index (χ2n) is 15.2. The van der Waals surface area contributed by atoms with E-state index in [1.807, 2.05) is 4.90 Å². The molecule has 4 heterocycles. The molecule has 7 unspecified atom stereocenters. The Morgan fingerprint density at radius 2 is 1.83 bits per heavy atom. The molecule has 10 heteroatoms. The van der Waals surface area contributed by atoms with Gasteiger partial charge in [0.05, 0.1) is 32.0 Å². The number of likely N-dealkylation sites (tertiary alicyclic amines) is 2. The van der Waals surface area contributed by atoms with Gasteiger partial charge in [-0.25, -0.2) is 10.9 Å². The Balaban J connectivity index is 1.05. The van der Waals surface area contributed by atoms with E-state index in [1.54, 1.807) is 0 Å². The highest BCUT2D eigenvalue weighted by atomic mass is 19.4. The van der Waals surface area contributed by atoms with Crippen molar-refractivity contribution in [2.75, 3.05) is 46.6 Å². The molecule has 0 aromatic carbocycles. The summed E-state index contributed by atoms with van der Waals surface area (Å²) in [5.41, 5.74) is 7.24. The minimum atomic E-state index is -4.26. The van der Waals surface area contributed by atoms with Crippen LogP contribution in [-0.4, -0.2) is 91.6 Å². The number of alkyl halides is 3. The van der Waals surface area contributed by atoms with Crippen molar-refractivity contribution in [3.05, 3.63) is 0 Å². The summed E-state index contributed by atoms with van der Waals surface area (Å²) >= 11 is 0. The summed E-state index contributed by atoms with van der Waals surface area (Å²) in [7, 11) is 2.11. The van der Waals surface area contributed by atoms with Gasteiger partial charge in [0.1, 0.15) is 0 Å². The third kappa shape index (κ3) is 5.25. The number of hydrazine groups is 1. The molecule has 3 saturated carbocycles. The summed E-state index contributed by atoms with van der Waals surface area (Å²) in [5, 5.41) is 0. The molecule has 1 spiro atoms. The van der Waals surface area contributed by atoms with Crippen molar-refractivity contribution < 1.29 is 22.7 Å². The molecule has 7 rings (SSSR count). The maximum Gasteiger partial charge on any atom is 0.392 e. The molecule has 4 saturated heterocycles. The SMILES string of the molecule is C[C@H](C1CC2C(=O)N(C3CCCC(C4(CC5NNCN5C)COC4)C3)CC2C(C(F)(F)F)C1)N1CCC2(CC1)CC2. The Bertz CT molecular complexity index is 977. The van der Waals surface area contributed by atoms with Gasteiger partial charge in [0.2, 0.25) is 5.91 Å². The van der Waals surface area contributed by atoms with Crippen molar-refractivity contribution >= 4 is 5.91 Å². The Kier molecular flexibility index (Phi) is 7.45. The molecule has 2 N–H and O–H groups in total. The van der Waals surface area contributed by atoms with Gasteiger partial charge < -0.3 is 14.5 Å². The summed E-state index contributed by atoms with van der Waals surface area (Å²) in [6, 6.07) is 0.159. The first kappa shape index (κ1) is 28.8. The fourth-order valence-corrected chi connectivity index (χ4v) is 9.92. The normalized spacial score (nSPS) is 41.8. The van der Waals surface area contributed by atoms with Crippen molar-refractivity contribution in [2.24, 2.45) is 40.4 Å². The lowest BCUT2D eigenvalue weighted by Crippen LogP contribution is -2.56. The van der Waals surface area contributed by atoms with Crippen LogP contribution in [0.1, 0.15) is 77.6 Å². The van der Waals surface area contributed by atoms with Gasteiger partial charge in [0, 0.05) is 30.0 Å². The molecule has 0 radical (unpaired) electrons. The van der Waals surface area contributed by atoms with Crippen molar-refractivity contribution in [3.8, 4) is 0 Å². The van der Waals surface area contributed by atoms with E-state index in [2.05, 4.69) is 34.6 Å². The monoisotopic (exact) mass is 581 g/mol. The van der Waals surface area contributed by atoms with Crippen LogP contribution in [0.25, 0.3) is 0 Å². The number of piperidine rings is 1. The standard InChI is InChI=1S/C31H50F3N5O2/c1-20(38-10-8-29(6-7-29)9-11-38)21-12-24-25(26(13-21)31(32,33)34)16-39(28(24)40)23-5-3-4-22(14-23)30(17-41-18-30)15-27-36-35-19-37(27)2/h20-27,35-36H,3-19H2,1-2H3/t20-,21?,22?,23?,24?,25?,26?,27?/m1/s1. The Morgan fingerprint density at radius 3 is 2.44 bits per heavy atom. The average Bonchev–Trinajstić information content (AvgIpc) is 3.42. The first-order chi connectivity index (χ1) is 19.6. The predicted molar refractivity (Wildman–Crippen MR) is 149 cm³/mol. The fourth-order valence-electron chi connectivity index (χ4n) is 9.92. The first-order valence-electron chi connectivity index (χ1n) is 16.5. The minimum absolute atomic E-state index is 0.0164. The smallest absolute Gasteiger partial charge is 0.380 e. The summed E-state index contributed by atoms with van der Waals surface area (Å²) in [6.45, 7) is 6.71.